The van der Waals surface area contributed by atoms with Crippen molar-refractivity contribution in [1.29, 1.82) is 0 Å². The van der Waals surface area contributed by atoms with Gasteiger partial charge in [0.05, 0.1) is 19.6 Å². The van der Waals surface area contributed by atoms with Gasteiger partial charge in [-0.2, -0.15) is 0 Å². The van der Waals surface area contributed by atoms with E-state index in [-0.39, 0.29) is 5.91 Å². The summed E-state index contributed by atoms with van der Waals surface area (Å²) >= 11 is 0. The van der Waals surface area contributed by atoms with Gasteiger partial charge in [-0.15, -0.1) is 0 Å². The number of nitrogens with zero attached hydrogens (tertiary/aromatic N) is 1. The molecule has 0 aliphatic carbocycles. The maximum Gasteiger partial charge on any atom is 0.248 e. The molecule has 120 valence electrons. The van der Waals surface area contributed by atoms with Crippen LogP contribution in [0.15, 0.2) is 24.3 Å². The van der Waals surface area contributed by atoms with Gasteiger partial charge < -0.3 is 20.1 Å². The average molecular weight is 306 g/mol. The topological polar surface area (TPSA) is 81.9 Å². The Morgan fingerprint density at radius 2 is 2.09 bits per heavy atom. The average Bonchev–Trinajstić information content (AvgIpc) is 3.00. The summed E-state index contributed by atoms with van der Waals surface area (Å²) in [5, 5.41) is 0. The first-order valence-electron chi connectivity index (χ1n) is 7.40. The lowest BCUT2D eigenvalue weighted by molar-refractivity contribution is -0.131. The number of rotatable bonds is 7. The standard InChI is InChI=1S/C16H22N2O4/c1-18(10-12-6-8-21-11-12)15(19)7-9-22-14-4-2-13(3-5-14)16(17)20/h2-5,12H,6-11H2,1H3,(H2,17,20). The van der Waals surface area contributed by atoms with E-state index in [9.17, 15) is 9.59 Å². The molecule has 1 atom stereocenters. The summed E-state index contributed by atoms with van der Waals surface area (Å²) in [5.41, 5.74) is 5.60. The number of carbonyl (C=O) groups excluding carboxylic acids is 2. The highest BCUT2D eigenvalue weighted by atomic mass is 16.5. The fourth-order valence-corrected chi connectivity index (χ4v) is 2.38. The van der Waals surface area contributed by atoms with Crippen molar-refractivity contribution in [3.8, 4) is 5.75 Å². The minimum Gasteiger partial charge on any atom is -0.493 e. The minimum absolute atomic E-state index is 0.0562. The molecule has 6 heteroatoms. The highest BCUT2D eigenvalue weighted by Gasteiger charge is 2.19. The lowest BCUT2D eigenvalue weighted by Gasteiger charge is -2.20. The number of primary amides is 1. The molecule has 1 aromatic carbocycles. The summed E-state index contributed by atoms with van der Waals surface area (Å²) in [6.07, 6.45) is 1.34. The van der Waals surface area contributed by atoms with E-state index < -0.39 is 5.91 Å². The van der Waals surface area contributed by atoms with Gasteiger partial charge in [0.25, 0.3) is 0 Å². The van der Waals surface area contributed by atoms with Crippen molar-refractivity contribution < 1.29 is 19.1 Å². The second-order valence-corrected chi connectivity index (χ2v) is 5.49. The SMILES string of the molecule is CN(CC1CCOC1)C(=O)CCOc1ccc(C(N)=O)cc1. The molecule has 0 saturated carbocycles. The Kier molecular flexibility index (Phi) is 5.77. The van der Waals surface area contributed by atoms with Crippen LogP contribution < -0.4 is 10.5 Å². The quantitative estimate of drug-likeness (QED) is 0.816. The lowest BCUT2D eigenvalue weighted by Crippen LogP contribution is -2.32. The van der Waals surface area contributed by atoms with Crippen molar-refractivity contribution in [2.75, 3.05) is 33.4 Å². The molecule has 0 aromatic heterocycles. The predicted octanol–water partition coefficient (Wildman–Crippen LogP) is 1.05. The van der Waals surface area contributed by atoms with Gasteiger partial charge >= 0.3 is 0 Å². The fourth-order valence-electron chi connectivity index (χ4n) is 2.38. The normalized spacial score (nSPS) is 17.2. The molecule has 2 rings (SSSR count). The molecule has 1 saturated heterocycles. The molecule has 1 aromatic rings. The Bertz CT molecular complexity index is 509. The smallest absolute Gasteiger partial charge is 0.248 e. The molecule has 0 spiro atoms. The van der Waals surface area contributed by atoms with Crippen LogP contribution in [-0.2, 0) is 9.53 Å². The highest BCUT2D eigenvalue weighted by molar-refractivity contribution is 5.92. The third-order valence-corrected chi connectivity index (χ3v) is 3.71. The molecule has 2 N–H and O–H groups in total. The Hall–Kier alpha value is -2.08. The molecule has 1 fully saturated rings. The Morgan fingerprint density at radius 3 is 2.68 bits per heavy atom. The van der Waals surface area contributed by atoms with Crippen LogP contribution in [0.4, 0.5) is 0 Å². The van der Waals surface area contributed by atoms with Crippen LogP contribution in [0, 0.1) is 5.92 Å². The van der Waals surface area contributed by atoms with Crippen LogP contribution in [0.25, 0.3) is 0 Å². The molecule has 1 aliphatic rings. The van der Waals surface area contributed by atoms with E-state index in [0.29, 0.717) is 30.3 Å². The number of ether oxygens (including phenoxy) is 2. The summed E-state index contributed by atoms with van der Waals surface area (Å²) in [6, 6.07) is 6.55. The van der Waals surface area contributed by atoms with Crippen LogP contribution >= 0.6 is 0 Å². The zero-order valence-electron chi connectivity index (χ0n) is 12.8. The van der Waals surface area contributed by atoms with Crippen molar-refractivity contribution in [1.82, 2.24) is 4.90 Å². The summed E-state index contributed by atoms with van der Waals surface area (Å²) in [7, 11) is 1.81. The first-order valence-corrected chi connectivity index (χ1v) is 7.40. The third-order valence-electron chi connectivity index (χ3n) is 3.71. The van der Waals surface area contributed by atoms with Crippen LogP contribution in [0.2, 0.25) is 0 Å². The van der Waals surface area contributed by atoms with Gasteiger partial charge in [-0.3, -0.25) is 9.59 Å². The van der Waals surface area contributed by atoms with Crippen molar-refractivity contribution >= 4 is 11.8 Å². The van der Waals surface area contributed by atoms with E-state index in [1.807, 2.05) is 7.05 Å². The zero-order valence-corrected chi connectivity index (χ0v) is 12.8. The van der Waals surface area contributed by atoms with Crippen LogP contribution in [0.1, 0.15) is 23.2 Å². The summed E-state index contributed by atoms with van der Waals surface area (Å²) < 4.78 is 10.8. The lowest BCUT2D eigenvalue weighted by atomic mass is 10.1. The van der Waals surface area contributed by atoms with Crippen LogP contribution in [-0.4, -0.2) is 50.1 Å². The maximum absolute atomic E-state index is 12.0. The largest absolute Gasteiger partial charge is 0.493 e. The zero-order chi connectivity index (χ0) is 15.9. The van der Waals surface area contributed by atoms with E-state index in [1.54, 1.807) is 29.2 Å². The van der Waals surface area contributed by atoms with E-state index >= 15 is 0 Å². The van der Waals surface area contributed by atoms with Gasteiger partial charge in [-0.1, -0.05) is 0 Å². The van der Waals surface area contributed by atoms with Crippen LogP contribution in [0.5, 0.6) is 5.75 Å². The van der Waals surface area contributed by atoms with Crippen molar-refractivity contribution in [2.24, 2.45) is 11.7 Å². The van der Waals surface area contributed by atoms with Crippen molar-refractivity contribution in [2.45, 2.75) is 12.8 Å². The molecule has 1 heterocycles. The first-order chi connectivity index (χ1) is 10.6. The number of nitrogens with two attached hydrogens (primary N) is 1. The van der Waals surface area contributed by atoms with Crippen LogP contribution in [0.3, 0.4) is 0 Å². The summed E-state index contributed by atoms with van der Waals surface area (Å²) in [5.74, 6) is 0.640. The number of carbonyl (C=O) groups is 2. The number of hydrogen-bond acceptors (Lipinski definition) is 4. The maximum atomic E-state index is 12.0. The second kappa shape index (κ2) is 7.79. The summed E-state index contributed by atoms with van der Waals surface area (Å²) in [6.45, 7) is 2.56. The van der Waals surface area contributed by atoms with E-state index in [0.717, 1.165) is 26.2 Å². The molecular weight excluding hydrogens is 284 g/mol. The number of hydrogen-bond donors (Lipinski definition) is 1. The first kappa shape index (κ1) is 16.3. The second-order valence-electron chi connectivity index (χ2n) is 5.49. The third kappa shape index (κ3) is 4.73. The molecule has 1 aliphatic heterocycles. The number of amides is 2. The minimum atomic E-state index is -0.473. The molecule has 1 unspecified atom stereocenters. The predicted molar refractivity (Wildman–Crippen MR) is 81.6 cm³/mol. The van der Waals surface area contributed by atoms with Gasteiger partial charge in [-0.25, -0.2) is 0 Å². The highest BCUT2D eigenvalue weighted by Crippen LogP contribution is 2.14. The molecule has 0 radical (unpaired) electrons. The van der Waals surface area contributed by atoms with Gasteiger partial charge in [0, 0.05) is 31.7 Å². The molecule has 2 amide bonds. The summed E-state index contributed by atoms with van der Waals surface area (Å²) in [4.78, 5) is 24.7. The monoisotopic (exact) mass is 306 g/mol. The van der Waals surface area contributed by atoms with E-state index in [2.05, 4.69) is 0 Å². The van der Waals surface area contributed by atoms with Gasteiger partial charge in [0.2, 0.25) is 11.8 Å². The molecular formula is C16H22N2O4. The molecule has 22 heavy (non-hydrogen) atoms. The van der Waals surface area contributed by atoms with Gasteiger partial charge in [-0.05, 0) is 30.7 Å². The molecule has 0 bridgehead atoms. The Labute approximate surface area is 130 Å². The van der Waals surface area contributed by atoms with Gasteiger partial charge in [0.15, 0.2) is 0 Å². The van der Waals surface area contributed by atoms with E-state index in [4.69, 9.17) is 15.2 Å². The number of benzene rings is 1. The van der Waals surface area contributed by atoms with Crippen molar-refractivity contribution in [3.05, 3.63) is 29.8 Å². The Morgan fingerprint density at radius 1 is 1.36 bits per heavy atom. The van der Waals surface area contributed by atoms with E-state index in [1.165, 1.54) is 0 Å². The van der Waals surface area contributed by atoms with Crippen molar-refractivity contribution in [3.63, 3.8) is 0 Å². The Balaban J connectivity index is 1.70. The van der Waals surface area contributed by atoms with Gasteiger partial charge in [0.1, 0.15) is 5.75 Å². The fraction of sp³-hybridized carbons (Fsp3) is 0.500. The molecule has 6 nitrogen and oxygen atoms in total.